The van der Waals surface area contributed by atoms with E-state index in [0.29, 0.717) is 6.04 Å². The van der Waals surface area contributed by atoms with E-state index < -0.39 is 0 Å². The maximum absolute atomic E-state index is 4.47. The van der Waals surface area contributed by atoms with Gasteiger partial charge in [0.2, 0.25) is 0 Å². The normalized spacial score (nSPS) is 18.5. The Morgan fingerprint density at radius 2 is 1.90 bits per heavy atom. The number of benzene rings is 1. The van der Waals surface area contributed by atoms with Crippen LogP contribution < -0.4 is 10.7 Å². The molecule has 0 amide bonds. The molecule has 1 aromatic carbocycles. The van der Waals surface area contributed by atoms with E-state index >= 15 is 0 Å². The predicted molar refractivity (Wildman–Crippen MR) is 117 cm³/mol. The fraction of sp³-hybridized carbons (Fsp3) is 0.292. The van der Waals surface area contributed by atoms with Crippen molar-refractivity contribution in [3.8, 4) is 11.1 Å². The third-order valence-corrected chi connectivity index (χ3v) is 5.52. The largest absolute Gasteiger partial charge is 0.292 e. The summed E-state index contributed by atoms with van der Waals surface area (Å²) in [7, 11) is 1.94. The van der Waals surface area contributed by atoms with E-state index in [1.807, 2.05) is 37.1 Å². The average Bonchev–Trinajstić information content (AvgIpc) is 3.38. The first-order chi connectivity index (χ1) is 14.1. The number of nitrogens with zero attached hydrogens (tertiary/aromatic N) is 5. The summed E-state index contributed by atoms with van der Waals surface area (Å²) >= 11 is 0. The highest BCUT2D eigenvalue weighted by atomic mass is 15.2. The van der Waals surface area contributed by atoms with Crippen molar-refractivity contribution in [1.82, 2.24) is 24.6 Å². The number of likely N-dealkylation sites (tertiary alicyclic amines) is 1. The lowest BCUT2D eigenvalue weighted by atomic mass is 10.0. The van der Waals surface area contributed by atoms with Gasteiger partial charge in [0.25, 0.3) is 0 Å². The molecule has 5 nitrogen and oxygen atoms in total. The van der Waals surface area contributed by atoms with Gasteiger partial charge in [-0.25, -0.2) is 0 Å². The minimum atomic E-state index is 0.347. The van der Waals surface area contributed by atoms with Crippen LogP contribution in [-0.2, 0) is 13.6 Å². The number of rotatable bonds is 5. The molecule has 1 saturated heterocycles. The van der Waals surface area contributed by atoms with E-state index in [0.717, 1.165) is 41.3 Å². The quantitative estimate of drug-likeness (QED) is 0.678. The van der Waals surface area contributed by atoms with Crippen molar-refractivity contribution in [3.63, 3.8) is 0 Å². The molecule has 1 atom stereocenters. The maximum atomic E-state index is 4.47. The van der Waals surface area contributed by atoms with Crippen LogP contribution in [0.25, 0.3) is 23.3 Å². The molecule has 4 rings (SSSR count). The molecule has 0 radical (unpaired) electrons. The third-order valence-electron chi connectivity index (χ3n) is 5.52. The van der Waals surface area contributed by atoms with Crippen molar-refractivity contribution in [3.05, 3.63) is 77.5 Å². The fourth-order valence-electron chi connectivity index (χ4n) is 4.01. The molecule has 29 heavy (non-hydrogen) atoms. The first-order valence-electron chi connectivity index (χ1n) is 10.1. The van der Waals surface area contributed by atoms with Crippen LogP contribution in [-0.4, -0.2) is 37.2 Å². The van der Waals surface area contributed by atoms with Crippen LogP contribution in [0.2, 0.25) is 0 Å². The zero-order valence-corrected chi connectivity index (χ0v) is 17.1. The predicted octanol–water partition coefficient (Wildman–Crippen LogP) is 2.68. The second-order valence-electron chi connectivity index (χ2n) is 7.56. The van der Waals surface area contributed by atoms with Gasteiger partial charge in [0.1, 0.15) is 0 Å². The molecule has 1 fully saturated rings. The fourth-order valence-corrected chi connectivity index (χ4v) is 4.01. The highest BCUT2D eigenvalue weighted by Gasteiger charge is 2.25. The standard InChI is InChI=1S/C24H27N5/c1-4-22-23(26-12-11-25-22)14-18(2)24-6-5-13-29(24)16-19-7-9-20(10-8-19)21-15-27-28(3)17-21/h4,7-12,14-15,17,24H,2,5-6,13,16H2,1,3H3/b22-4+,23-14+/t24-/m1/s1. The summed E-state index contributed by atoms with van der Waals surface area (Å²) in [6, 6.07) is 9.15. The average molecular weight is 386 g/mol. The Hall–Kier alpha value is -3.05. The molecular weight excluding hydrogens is 358 g/mol. The van der Waals surface area contributed by atoms with E-state index in [1.165, 1.54) is 17.5 Å². The number of aryl methyl sites for hydroxylation is 1. The topological polar surface area (TPSA) is 46.8 Å². The molecule has 0 saturated carbocycles. The smallest absolute Gasteiger partial charge is 0.0886 e. The van der Waals surface area contributed by atoms with Crippen molar-refractivity contribution >= 4 is 12.2 Å². The van der Waals surface area contributed by atoms with Gasteiger partial charge >= 0.3 is 0 Å². The van der Waals surface area contributed by atoms with Crippen LogP contribution in [0.1, 0.15) is 25.3 Å². The molecule has 3 aromatic rings. The second-order valence-corrected chi connectivity index (χ2v) is 7.56. The summed E-state index contributed by atoms with van der Waals surface area (Å²) in [5.74, 6) is 0. The van der Waals surface area contributed by atoms with Crippen LogP contribution in [0.15, 0.2) is 61.2 Å². The zero-order valence-electron chi connectivity index (χ0n) is 17.1. The summed E-state index contributed by atoms with van der Waals surface area (Å²) in [6.07, 6.45) is 13.8. The molecular formula is C24H27N5. The van der Waals surface area contributed by atoms with Gasteiger partial charge in [-0.05, 0) is 49.1 Å². The van der Waals surface area contributed by atoms with Gasteiger partial charge in [0, 0.05) is 43.8 Å². The van der Waals surface area contributed by atoms with Crippen molar-refractivity contribution in [2.75, 3.05) is 6.54 Å². The van der Waals surface area contributed by atoms with Gasteiger partial charge < -0.3 is 0 Å². The Bertz CT molecular complexity index is 1110. The Labute approximate surface area is 171 Å². The molecule has 0 N–H and O–H groups in total. The van der Waals surface area contributed by atoms with E-state index in [4.69, 9.17) is 0 Å². The third kappa shape index (κ3) is 4.35. The van der Waals surface area contributed by atoms with Crippen molar-refractivity contribution < 1.29 is 0 Å². The van der Waals surface area contributed by atoms with Crippen molar-refractivity contribution in [2.24, 2.45) is 7.05 Å². The SMILES string of the molecule is C=C(/C=c1/nccn/c1=C/C)[C@H]1CCCN1Cc1ccc(-c2cnn(C)c2)cc1. The Balaban J connectivity index is 1.49. The van der Waals surface area contributed by atoms with Crippen LogP contribution in [0, 0.1) is 0 Å². The van der Waals surface area contributed by atoms with E-state index in [2.05, 4.69) is 56.9 Å². The van der Waals surface area contributed by atoms with E-state index in [9.17, 15) is 0 Å². The first-order valence-corrected chi connectivity index (χ1v) is 10.1. The first kappa shape index (κ1) is 19.3. The summed E-state index contributed by atoms with van der Waals surface area (Å²) in [4.78, 5) is 11.4. The van der Waals surface area contributed by atoms with E-state index in [-0.39, 0.29) is 0 Å². The lowest BCUT2D eigenvalue weighted by Crippen LogP contribution is -2.34. The van der Waals surface area contributed by atoms with E-state index in [1.54, 1.807) is 12.4 Å². The van der Waals surface area contributed by atoms with Gasteiger partial charge in [-0.15, -0.1) is 0 Å². The molecule has 0 unspecified atom stereocenters. The van der Waals surface area contributed by atoms with Crippen LogP contribution in [0.4, 0.5) is 0 Å². The van der Waals surface area contributed by atoms with Crippen LogP contribution in [0.3, 0.4) is 0 Å². The summed E-state index contributed by atoms with van der Waals surface area (Å²) in [6.45, 7) is 8.38. The molecule has 1 aliphatic heterocycles. The Morgan fingerprint density at radius 1 is 1.14 bits per heavy atom. The zero-order chi connectivity index (χ0) is 20.2. The maximum Gasteiger partial charge on any atom is 0.0886 e. The van der Waals surface area contributed by atoms with Gasteiger partial charge in [-0.3, -0.25) is 19.5 Å². The molecule has 0 aliphatic carbocycles. The number of aromatic nitrogens is 4. The summed E-state index contributed by atoms with van der Waals surface area (Å²) in [5, 5.41) is 6.06. The molecule has 2 aromatic heterocycles. The van der Waals surface area contributed by atoms with Crippen LogP contribution in [0.5, 0.6) is 0 Å². The minimum Gasteiger partial charge on any atom is -0.292 e. The van der Waals surface area contributed by atoms with Gasteiger partial charge in [-0.2, -0.15) is 5.10 Å². The number of hydrogen-bond acceptors (Lipinski definition) is 4. The summed E-state index contributed by atoms with van der Waals surface area (Å²) < 4.78 is 1.83. The molecule has 5 heteroatoms. The molecule has 0 spiro atoms. The Kier molecular flexibility index (Phi) is 5.67. The lowest BCUT2D eigenvalue weighted by molar-refractivity contribution is 0.277. The lowest BCUT2D eigenvalue weighted by Gasteiger charge is -2.25. The Morgan fingerprint density at radius 3 is 2.59 bits per heavy atom. The molecule has 148 valence electrons. The number of hydrogen-bond donors (Lipinski definition) is 0. The van der Waals surface area contributed by atoms with Crippen molar-refractivity contribution in [2.45, 2.75) is 32.4 Å². The highest BCUT2D eigenvalue weighted by Crippen LogP contribution is 2.26. The minimum absolute atomic E-state index is 0.347. The molecule has 1 aliphatic rings. The second kappa shape index (κ2) is 8.53. The molecule has 3 heterocycles. The monoisotopic (exact) mass is 385 g/mol. The highest BCUT2D eigenvalue weighted by molar-refractivity contribution is 5.61. The van der Waals surface area contributed by atoms with Gasteiger partial charge in [-0.1, -0.05) is 36.9 Å². The van der Waals surface area contributed by atoms with Crippen molar-refractivity contribution in [1.29, 1.82) is 0 Å². The van der Waals surface area contributed by atoms with Gasteiger partial charge in [0.05, 0.1) is 16.9 Å². The molecule has 0 bridgehead atoms. The summed E-state index contributed by atoms with van der Waals surface area (Å²) in [5.41, 5.74) is 4.77. The van der Waals surface area contributed by atoms with Crippen LogP contribution >= 0.6 is 0 Å². The van der Waals surface area contributed by atoms with Gasteiger partial charge in [0.15, 0.2) is 0 Å².